The maximum atomic E-state index is 11.4. The van der Waals surface area contributed by atoms with Crippen molar-refractivity contribution >= 4 is 35.4 Å². The third-order valence-electron chi connectivity index (χ3n) is 9.86. The van der Waals surface area contributed by atoms with E-state index in [1.165, 1.54) is 38.5 Å². The Morgan fingerprint density at radius 2 is 0.538 bits per heavy atom. The van der Waals surface area contributed by atoms with Gasteiger partial charge in [0.15, 0.2) is 0 Å². The van der Waals surface area contributed by atoms with Crippen molar-refractivity contribution in [2.45, 2.75) is 303 Å². The van der Waals surface area contributed by atoms with Crippen LogP contribution < -0.4 is 31.9 Å². The summed E-state index contributed by atoms with van der Waals surface area (Å²) in [5.41, 5.74) is 0.993. The predicted molar refractivity (Wildman–Crippen MR) is 386 cm³/mol. The van der Waals surface area contributed by atoms with E-state index in [1.54, 1.807) is 13.8 Å². The molecule has 0 atom stereocenters. The zero-order valence-corrected chi connectivity index (χ0v) is 74.1. The van der Waals surface area contributed by atoms with Gasteiger partial charge in [0.2, 0.25) is 35.4 Å². The number of carbonyl (C=O) groups is 6. The molecule has 0 bridgehead atoms. The van der Waals surface area contributed by atoms with E-state index in [9.17, 15) is 28.8 Å². The molecule has 0 aliphatic carbocycles. The van der Waals surface area contributed by atoms with E-state index in [-0.39, 0.29) is 131 Å². The van der Waals surface area contributed by atoms with Gasteiger partial charge < -0.3 is 82.9 Å². The quantitative estimate of drug-likeness (QED) is 0.0345. The fraction of sp³-hybridized carbons (Fsp3) is 0.838. The third-order valence-corrected chi connectivity index (χ3v) is 9.86. The van der Waals surface area contributed by atoms with Crippen LogP contribution in [0.25, 0.3) is 0 Å². The van der Waals surface area contributed by atoms with E-state index in [0.717, 1.165) is 51.8 Å². The van der Waals surface area contributed by atoms with E-state index in [1.807, 2.05) is 55.4 Å². The second-order valence-electron chi connectivity index (χ2n) is 29.8. The zero-order chi connectivity index (χ0) is 71.7. The topological polar surface area (TPSA) is 193 Å². The van der Waals surface area contributed by atoms with Crippen molar-refractivity contribution in [1.82, 2.24) is 31.9 Å². The van der Waals surface area contributed by atoms with Crippen LogP contribution in [0.4, 0.5) is 0 Å². The first-order valence-corrected chi connectivity index (χ1v) is 33.5. The van der Waals surface area contributed by atoms with Crippen LogP contribution in [0.2, 0.25) is 0 Å². The van der Waals surface area contributed by atoms with Gasteiger partial charge in [0.1, 0.15) is 0 Å². The minimum atomic E-state index is 0. The summed E-state index contributed by atoms with van der Waals surface area (Å²) in [5, 5.41) is 16.8. The normalized spacial score (nSPS) is 10.5. The second-order valence-corrected chi connectivity index (χ2v) is 29.8. The van der Waals surface area contributed by atoms with Crippen LogP contribution >= 0.6 is 0 Å². The number of amides is 6. The molecule has 0 fully saturated rings. The number of unbranched alkanes of at least 4 members (excludes halogenated alkanes) is 5. The van der Waals surface area contributed by atoms with Gasteiger partial charge in [-0.2, -0.15) is 26.7 Å². The monoisotopic (exact) mass is 1810 g/mol. The molecule has 91 heavy (non-hydrogen) atoms. The molecule has 0 unspecified atom stereocenters. The van der Waals surface area contributed by atoms with Gasteiger partial charge in [0, 0.05) is 77.9 Å². The summed E-state index contributed by atoms with van der Waals surface area (Å²) in [7, 11) is 0. The Bertz CT molecular complexity index is 1440. The average Bonchev–Trinajstić information content (AvgIpc) is 3.33. The Balaban J connectivity index is -0.0000000698. The van der Waals surface area contributed by atoms with Gasteiger partial charge in [-0.15, -0.1) is 13.1 Å². The molecule has 0 aromatic heterocycles. The molecule has 0 radical (unpaired) electrons. The molecule has 0 aromatic rings. The van der Waals surface area contributed by atoms with Crippen LogP contribution in [-0.4, -0.2) is 101 Å². The van der Waals surface area contributed by atoms with Gasteiger partial charge >= 0.3 is 63.2 Å². The summed E-state index contributed by atoms with van der Waals surface area (Å²) in [6.45, 7) is 85.0. The van der Waals surface area contributed by atoms with Gasteiger partial charge in [0.05, 0.1) is 13.2 Å². The molecule has 548 valence electrons. The molecule has 0 saturated carbocycles. The van der Waals surface area contributed by atoms with E-state index < -0.39 is 0 Å². The molecule has 0 spiro atoms. The molecule has 0 saturated heterocycles. The van der Waals surface area contributed by atoms with Gasteiger partial charge in [-0.3, -0.25) is 28.8 Å². The van der Waals surface area contributed by atoms with E-state index in [4.69, 9.17) is 9.47 Å². The zero-order valence-electron chi connectivity index (χ0n) is 65.3. The molecular formula is C74H156N6O8W3. The molecule has 14 nitrogen and oxygen atoms in total. The first-order chi connectivity index (χ1) is 40.2. The summed E-state index contributed by atoms with van der Waals surface area (Å²) in [6.07, 6.45) is 16.2. The van der Waals surface area contributed by atoms with Crippen molar-refractivity contribution in [3.05, 3.63) is 41.5 Å². The number of hydrogen-bond donors (Lipinski definition) is 6. The van der Waals surface area contributed by atoms with Crippen LogP contribution in [0.1, 0.15) is 303 Å². The smallest absolute Gasteiger partial charge is 0.386 e. The number of carbonyl (C=O) groups excluding carboxylic acids is 6. The molecule has 0 aromatic carbocycles. The number of rotatable bonds is 27. The minimum absolute atomic E-state index is 0. The standard InChI is InChI=1S/C12H25NO.C11H23NO2.C11H23NO.C10H21NO2.2C8H16NO.C7H15.C3H7.2C2H5.3W/c1-5-6-7-8-9-13-11(14)10-12(2,3)4;1-5-7-14-8-6-12-10(13)9-11(2,3)4;1-5-6-7-8-12-10(13)9-11(2,3)4;1-5-13-7-6-11-9(12)8-10(2,3)4;2*1-5-9-7(10)6-8(2,3)4;1-5-6-7(2,3)4;1-3-2;2*1-2;;;/h5-10H2,1-4H3,(H,13,14);5-9H2,1-4H3,(H,12,13);5-9H2,1-4H3,(H,12,13);5-8H2,1-4H3,(H,11,12);2*1,5-6H2,2-4H3,(H,9,10);1,5-6H2,2-4H3;1,3H2,2H3;2*1H2,2H3;;;/q;;;;6*-1;3*+2. The van der Waals surface area contributed by atoms with Gasteiger partial charge in [-0.1, -0.05) is 212 Å². The Kier molecular flexibility index (Phi) is 103. The summed E-state index contributed by atoms with van der Waals surface area (Å²) >= 11 is 0. The van der Waals surface area contributed by atoms with Crippen molar-refractivity contribution in [2.24, 2.45) is 37.9 Å². The Labute approximate surface area is 612 Å². The Morgan fingerprint density at radius 1 is 0.308 bits per heavy atom. The molecule has 6 amide bonds. The SMILES string of the molecule is CCCCCCNC(=O)CC(C)(C)C.CCCCCNC(=O)CC(C)(C)C.CCCOCCNC(=O)CC(C)(C)C.CCOCCNC(=O)CC(C)(C)C.[CH2-]C.[CH2-]C.[CH2-]CC.[CH2-]CCC(C)(C)C.[CH2-]CNC(=O)CC(C)(C)C.[CH2-]CNC(=O)CC(C)(C)C.[W+2].[W+2].[W+2]. The van der Waals surface area contributed by atoms with Crippen molar-refractivity contribution in [2.75, 3.05) is 65.7 Å². The number of hydrogen-bond acceptors (Lipinski definition) is 8. The predicted octanol–water partition coefficient (Wildman–Crippen LogP) is 17.7. The number of ether oxygens (including phenoxy) is 2. The van der Waals surface area contributed by atoms with Crippen molar-refractivity contribution in [1.29, 1.82) is 0 Å². The average molecular weight is 1810 g/mol. The molecule has 17 heteroatoms. The van der Waals surface area contributed by atoms with Crippen LogP contribution in [-0.2, 0) is 101 Å². The third kappa shape index (κ3) is 159. The summed E-state index contributed by atoms with van der Waals surface area (Å²) in [6, 6.07) is 0. The Hall–Kier alpha value is -1.20. The molecule has 0 rings (SSSR count). The summed E-state index contributed by atoms with van der Waals surface area (Å²) in [5.74, 6) is 0.757. The second kappa shape index (κ2) is 77.8. The maximum absolute atomic E-state index is 11.4. The number of nitrogens with one attached hydrogen (secondary N) is 6. The summed E-state index contributed by atoms with van der Waals surface area (Å²) < 4.78 is 10.3. The van der Waals surface area contributed by atoms with Crippen LogP contribution in [0.15, 0.2) is 0 Å². The largest absolute Gasteiger partial charge is 2.00 e. The van der Waals surface area contributed by atoms with Crippen LogP contribution in [0.3, 0.4) is 0 Å². The van der Waals surface area contributed by atoms with E-state index in [0.29, 0.717) is 89.9 Å². The maximum Gasteiger partial charge on any atom is 2.00 e. The molecular weight excluding hydrogens is 1650 g/mol. The first kappa shape index (κ1) is 120. The van der Waals surface area contributed by atoms with Crippen LogP contribution in [0.5, 0.6) is 0 Å². The van der Waals surface area contributed by atoms with Crippen molar-refractivity contribution in [3.63, 3.8) is 0 Å². The first-order valence-electron chi connectivity index (χ1n) is 33.5. The van der Waals surface area contributed by atoms with Gasteiger partial charge in [-0.05, 0) is 64.1 Å². The van der Waals surface area contributed by atoms with Crippen LogP contribution in [0, 0.1) is 79.4 Å². The van der Waals surface area contributed by atoms with E-state index >= 15 is 0 Å². The Morgan fingerprint density at radius 3 is 0.736 bits per heavy atom. The minimum Gasteiger partial charge on any atom is -0.386 e. The van der Waals surface area contributed by atoms with E-state index in [2.05, 4.69) is 198 Å². The van der Waals surface area contributed by atoms with Gasteiger partial charge in [-0.25, -0.2) is 0 Å². The van der Waals surface area contributed by atoms with Gasteiger partial charge in [0.25, 0.3) is 0 Å². The summed E-state index contributed by atoms with van der Waals surface area (Å²) in [4.78, 5) is 67.1. The molecule has 0 aliphatic rings. The van der Waals surface area contributed by atoms with Crippen molar-refractivity contribution < 1.29 is 101 Å². The fourth-order valence-electron chi connectivity index (χ4n) is 6.37. The molecule has 0 aliphatic heterocycles. The molecule has 6 N–H and O–H groups in total. The molecule has 0 heterocycles. The van der Waals surface area contributed by atoms with Crippen molar-refractivity contribution in [3.8, 4) is 0 Å². The fourth-order valence-corrected chi connectivity index (χ4v) is 6.37.